The van der Waals surface area contributed by atoms with Crippen LogP contribution in [0.25, 0.3) is 32.9 Å². The van der Waals surface area contributed by atoms with Crippen LogP contribution in [0.4, 0.5) is 3.89 Å². The van der Waals surface area contributed by atoms with E-state index in [2.05, 4.69) is 10.6 Å². The zero-order chi connectivity index (χ0) is 22.9. The second kappa shape index (κ2) is 8.41. The maximum absolute atomic E-state index is 12.3. The summed E-state index contributed by atoms with van der Waals surface area (Å²) < 4.78 is 37.4. The largest absolute Gasteiger partial charge is 0.722 e. The highest BCUT2D eigenvalue weighted by Crippen LogP contribution is 2.36. The second-order valence-electron chi connectivity index (χ2n) is 7.17. The average molecular weight is 441 g/mol. The Labute approximate surface area is 179 Å². The van der Waals surface area contributed by atoms with Crippen LogP contribution < -0.4 is 4.57 Å². The summed E-state index contributed by atoms with van der Waals surface area (Å²) >= 11 is 0. The molecule has 0 saturated carbocycles. The molecule has 8 heteroatoms. The topological polar surface area (TPSA) is 98.4 Å². The number of benzene rings is 3. The Morgan fingerprint density at radius 2 is 1.61 bits per heavy atom. The number of fused-ring (bicyclic) bond motifs is 2. The van der Waals surface area contributed by atoms with Crippen molar-refractivity contribution in [2.75, 3.05) is 0 Å². The molecule has 3 aromatic carbocycles. The van der Waals surface area contributed by atoms with Gasteiger partial charge in [0.15, 0.2) is 0 Å². The summed E-state index contributed by atoms with van der Waals surface area (Å²) in [5, 5.41) is 11.7. The second-order valence-corrected chi connectivity index (χ2v) is 7.96. The number of hydrogen-bond acceptors (Lipinski definition) is 4. The van der Waals surface area contributed by atoms with Gasteiger partial charge >= 0.3 is 5.97 Å². The number of aromatic carboxylic acids is 1. The van der Waals surface area contributed by atoms with Gasteiger partial charge in [0.2, 0.25) is 11.0 Å². The van der Waals surface area contributed by atoms with Crippen molar-refractivity contribution >= 4 is 38.3 Å². The minimum absolute atomic E-state index is 0.371. The Balaban J connectivity index is 0.000000491. The Kier molecular flexibility index (Phi) is 6.06. The normalized spacial score (nSPS) is 11.3. The Morgan fingerprint density at radius 1 is 1.00 bits per heavy atom. The molecule has 0 atom stereocenters. The summed E-state index contributed by atoms with van der Waals surface area (Å²) in [6.45, 7) is 4.06. The Bertz CT molecular complexity index is 1410. The fourth-order valence-corrected chi connectivity index (χ4v) is 3.82. The molecule has 0 bridgehead atoms. The average Bonchev–Trinajstić information content (AvgIpc) is 2.68. The summed E-state index contributed by atoms with van der Waals surface area (Å²) in [4.78, 5) is 12.3. The molecule has 0 saturated heterocycles. The first-order valence-electron chi connectivity index (χ1n) is 9.29. The maximum atomic E-state index is 12.3. The van der Waals surface area contributed by atoms with Gasteiger partial charge in [0.25, 0.3) is 10.5 Å². The van der Waals surface area contributed by atoms with Gasteiger partial charge in [-0.05, 0) is 42.2 Å². The number of aromatic nitrogens is 1. The predicted molar refractivity (Wildman–Crippen MR) is 115 cm³/mol. The third-order valence-corrected chi connectivity index (χ3v) is 5.06. The molecule has 0 radical (unpaired) electrons. The van der Waals surface area contributed by atoms with Crippen molar-refractivity contribution in [2.24, 2.45) is 7.05 Å². The molecule has 1 N–H and O–H groups in total. The maximum Gasteiger partial charge on any atom is 0.337 e. The monoisotopic (exact) mass is 441 g/mol. The van der Waals surface area contributed by atoms with E-state index in [-0.39, 0.29) is 0 Å². The van der Waals surface area contributed by atoms with E-state index in [9.17, 15) is 13.8 Å². The molecule has 0 aliphatic heterocycles. The van der Waals surface area contributed by atoms with Crippen molar-refractivity contribution in [3.05, 3.63) is 77.4 Å². The van der Waals surface area contributed by atoms with E-state index in [0.717, 1.165) is 44.1 Å². The SMILES string of the molecule is Cc1ccc2c(C(=O)O)c3c(-c4ccccc4)c(C)ccc3[n+](C)c2c1.O=S(=O)([O-])F. The lowest BCUT2D eigenvalue weighted by Crippen LogP contribution is -2.31. The lowest BCUT2D eigenvalue weighted by Gasteiger charge is -2.14. The van der Waals surface area contributed by atoms with Gasteiger partial charge in [0, 0.05) is 12.1 Å². The zero-order valence-corrected chi connectivity index (χ0v) is 17.9. The summed E-state index contributed by atoms with van der Waals surface area (Å²) in [7, 11) is -3.42. The van der Waals surface area contributed by atoms with Crippen molar-refractivity contribution < 1.29 is 31.3 Å². The first-order valence-corrected chi connectivity index (χ1v) is 10.6. The van der Waals surface area contributed by atoms with Crippen molar-refractivity contribution in [3.8, 4) is 11.1 Å². The van der Waals surface area contributed by atoms with Crippen molar-refractivity contribution in [3.63, 3.8) is 0 Å². The molecule has 0 unspecified atom stereocenters. The van der Waals surface area contributed by atoms with Gasteiger partial charge in [0.1, 0.15) is 7.05 Å². The van der Waals surface area contributed by atoms with E-state index < -0.39 is 16.5 Å². The number of halogens is 1. The molecule has 160 valence electrons. The molecule has 6 nitrogen and oxygen atoms in total. The van der Waals surface area contributed by atoms with Crippen molar-refractivity contribution in [1.82, 2.24) is 0 Å². The first-order chi connectivity index (χ1) is 14.5. The van der Waals surface area contributed by atoms with E-state index >= 15 is 0 Å². The van der Waals surface area contributed by atoms with Gasteiger partial charge in [-0.15, -0.1) is 3.89 Å². The van der Waals surface area contributed by atoms with Gasteiger partial charge in [-0.1, -0.05) is 42.5 Å². The third-order valence-electron chi connectivity index (χ3n) is 5.06. The number of carbonyl (C=O) groups is 1. The third kappa shape index (κ3) is 4.70. The highest BCUT2D eigenvalue weighted by molar-refractivity contribution is 7.80. The van der Waals surface area contributed by atoms with E-state index in [1.54, 1.807) is 0 Å². The van der Waals surface area contributed by atoms with E-state index in [0.29, 0.717) is 5.56 Å². The molecule has 0 spiro atoms. The standard InChI is InChI=1S/C23H19NO2.FHO3S/c1-14-9-11-17-19(13-14)24(3)18-12-10-15(2)20(16-7-5-4-6-8-16)22(18)21(17)23(25)26;1-5(2,3)4/h4-13H,1-3H3;(H,2,3,4). The van der Waals surface area contributed by atoms with Gasteiger partial charge in [-0.2, -0.15) is 4.57 Å². The summed E-state index contributed by atoms with van der Waals surface area (Å²) in [5.41, 5.74) is 6.42. The molecule has 4 rings (SSSR count). The number of hydrogen-bond donors (Lipinski definition) is 1. The van der Waals surface area contributed by atoms with Crippen LogP contribution in [0.15, 0.2) is 60.7 Å². The Hall–Kier alpha value is -3.36. The van der Waals surface area contributed by atoms with Crippen LogP contribution >= 0.6 is 0 Å². The molecule has 31 heavy (non-hydrogen) atoms. The highest BCUT2D eigenvalue weighted by Gasteiger charge is 2.25. The number of aryl methyl sites for hydroxylation is 3. The lowest BCUT2D eigenvalue weighted by molar-refractivity contribution is -0.617. The van der Waals surface area contributed by atoms with Crippen molar-refractivity contribution in [1.29, 1.82) is 0 Å². The molecule has 0 amide bonds. The fraction of sp³-hybridized carbons (Fsp3) is 0.130. The van der Waals surface area contributed by atoms with Crippen LogP contribution in [-0.2, 0) is 17.6 Å². The van der Waals surface area contributed by atoms with E-state index in [1.807, 2.05) is 75.5 Å². The van der Waals surface area contributed by atoms with Crippen molar-refractivity contribution in [2.45, 2.75) is 13.8 Å². The number of carboxylic acid groups (broad SMARTS) is 1. The van der Waals surface area contributed by atoms with Gasteiger partial charge in [0.05, 0.1) is 16.3 Å². The molecular weight excluding hydrogens is 421 g/mol. The molecule has 4 aromatic rings. The first kappa shape index (κ1) is 22.3. The minimum atomic E-state index is -5.42. The van der Waals surface area contributed by atoms with Gasteiger partial charge in [-0.3, -0.25) is 0 Å². The van der Waals surface area contributed by atoms with Crippen LogP contribution in [-0.4, -0.2) is 24.0 Å². The van der Waals surface area contributed by atoms with Crippen LogP contribution in [0.1, 0.15) is 21.5 Å². The lowest BCUT2D eigenvalue weighted by atomic mass is 9.91. The number of carboxylic acids is 1. The Morgan fingerprint density at radius 3 is 2.19 bits per heavy atom. The van der Waals surface area contributed by atoms with Crippen LogP contribution in [0.3, 0.4) is 0 Å². The van der Waals surface area contributed by atoms with Gasteiger partial charge < -0.3 is 9.66 Å². The fourth-order valence-electron chi connectivity index (χ4n) is 3.82. The summed E-state index contributed by atoms with van der Waals surface area (Å²) in [6, 6.07) is 20.0. The molecule has 1 heterocycles. The zero-order valence-electron chi connectivity index (χ0n) is 17.1. The van der Waals surface area contributed by atoms with E-state index in [4.69, 9.17) is 13.0 Å². The molecule has 1 aromatic heterocycles. The van der Waals surface area contributed by atoms with Crippen LogP contribution in [0.2, 0.25) is 0 Å². The van der Waals surface area contributed by atoms with Crippen LogP contribution in [0, 0.1) is 13.8 Å². The minimum Gasteiger partial charge on any atom is -0.722 e. The number of nitrogens with zero attached hydrogens (tertiary/aromatic N) is 1. The molecule has 0 aliphatic rings. The number of pyridine rings is 1. The highest BCUT2D eigenvalue weighted by atomic mass is 32.3. The number of rotatable bonds is 2. The van der Waals surface area contributed by atoms with Crippen LogP contribution in [0.5, 0.6) is 0 Å². The summed E-state index contributed by atoms with van der Waals surface area (Å²) in [5.74, 6) is -0.896. The molecule has 0 fully saturated rings. The smallest absolute Gasteiger partial charge is 0.337 e. The quantitative estimate of drug-likeness (QED) is 0.217. The summed E-state index contributed by atoms with van der Waals surface area (Å²) in [6.07, 6.45) is 0. The molecule has 0 aliphatic carbocycles. The van der Waals surface area contributed by atoms with Gasteiger partial charge in [-0.25, -0.2) is 13.2 Å². The molecular formula is C23H20FNO5S. The predicted octanol–water partition coefficient (Wildman–Crippen LogP) is 4.22. The van der Waals surface area contributed by atoms with E-state index in [1.165, 1.54) is 0 Å².